The zero-order valence-corrected chi connectivity index (χ0v) is 15.8. The third kappa shape index (κ3) is 5.36. The van der Waals surface area contributed by atoms with Gasteiger partial charge in [0.25, 0.3) is 0 Å². The van der Waals surface area contributed by atoms with E-state index in [0.717, 1.165) is 24.3 Å². The summed E-state index contributed by atoms with van der Waals surface area (Å²) in [7, 11) is 7.24. The number of anilines is 1. The number of hydrogen-bond donors (Lipinski definition) is 1. The normalized spacial score (nSPS) is 11.0. The molecule has 2 aromatic rings. The van der Waals surface area contributed by atoms with E-state index in [0.29, 0.717) is 17.1 Å². The van der Waals surface area contributed by atoms with E-state index in [1.54, 1.807) is 26.4 Å². The first-order valence-corrected chi connectivity index (χ1v) is 8.47. The predicted molar refractivity (Wildman–Crippen MR) is 106 cm³/mol. The van der Waals surface area contributed by atoms with Crippen LogP contribution in [0.25, 0.3) is 6.08 Å². The van der Waals surface area contributed by atoms with E-state index >= 15 is 0 Å². The smallest absolute Gasteiger partial charge is 0.187 e. The zero-order chi connectivity index (χ0) is 18.9. The number of ether oxygens (including phenoxy) is 2. The molecule has 0 fully saturated rings. The van der Waals surface area contributed by atoms with Crippen molar-refractivity contribution in [1.82, 2.24) is 4.90 Å². The summed E-state index contributed by atoms with van der Waals surface area (Å²) in [6.45, 7) is 1.66. The molecule has 0 heterocycles. The van der Waals surface area contributed by atoms with E-state index < -0.39 is 0 Å². The van der Waals surface area contributed by atoms with Crippen LogP contribution in [0.5, 0.6) is 11.5 Å². The second kappa shape index (κ2) is 9.63. The number of ketones is 1. The van der Waals surface area contributed by atoms with Crippen LogP contribution in [0.2, 0.25) is 0 Å². The summed E-state index contributed by atoms with van der Waals surface area (Å²) in [6, 6.07) is 13.0. The Hall–Kier alpha value is -2.79. The minimum Gasteiger partial charge on any atom is -0.497 e. The van der Waals surface area contributed by atoms with Crippen molar-refractivity contribution in [1.29, 1.82) is 0 Å². The van der Waals surface area contributed by atoms with Gasteiger partial charge in [0.05, 0.1) is 14.2 Å². The lowest BCUT2D eigenvalue weighted by Gasteiger charge is -2.13. The molecule has 2 aromatic carbocycles. The second-order valence-electron chi connectivity index (χ2n) is 6.08. The van der Waals surface area contributed by atoms with Crippen LogP contribution in [0.15, 0.2) is 48.5 Å². The average Bonchev–Trinajstić information content (AvgIpc) is 2.65. The molecule has 138 valence electrons. The molecular weight excluding hydrogens is 328 g/mol. The maximum absolute atomic E-state index is 12.7. The molecule has 0 unspecified atom stereocenters. The molecule has 0 saturated heterocycles. The third-order valence-corrected chi connectivity index (χ3v) is 3.92. The van der Waals surface area contributed by atoms with Gasteiger partial charge in [0.15, 0.2) is 5.78 Å². The number of nitrogens with one attached hydrogen (secondary N) is 1. The highest BCUT2D eigenvalue weighted by Gasteiger charge is 2.09. The lowest BCUT2D eigenvalue weighted by molar-refractivity contribution is 0.104. The lowest BCUT2D eigenvalue weighted by atomic mass is 10.1. The van der Waals surface area contributed by atoms with Gasteiger partial charge >= 0.3 is 0 Å². The van der Waals surface area contributed by atoms with Gasteiger partial charge in [-0.1, -0.05) is 12.1 Å². The van der Waals surface area contributed by atoms with Gasteiger partial charge in [0.2, 0.25) is 0 Å². The first-order valence-electron chi connectivity index (χ1n) is 8.47. The minimum absolute atomic E-state index is 0.0668. The van der Waals surface area contributed by atoms with Gasteiger partial charge in [0, 0.05) is 29.9 Å². The number of carbonyl (C=O) groups is 1. The standard InChI is InChI=1S/C21H26N2O3/c1-23(2)14-13-22-19-8-6-5-7-18(19)20(24)11-9-16-15-17(25-3)10-12-21(16)26-4/h5-12,15,22H,13-14H2,1-4H3. The van der Waals surface area contributed by atoms with E-state index in [-0.39, 0.29) is 5.78 Å². The topological polar surface area (TPSA) is 50.8 Å². The Morgan fingerprint density at radius 3 is 2.58 bits per heavy atom. The van der Waals surface area contributed by atoms with Gasteiger partial charge in [-0.05, 0) is 56.6 Å². The van der Waals surface area contributed by atoms with Crippen LogP contribution < -0.4 is 14.8 Å². The first-order chi connectivity index (χ1) is 12.5. The monoisotopic (exact) mass is 354 g/mol. The quantitative estimate of drug-likeness (QED) is 0.551. The molecule has 0 aliphatic heterocycles. The molecule has 1 N–H and O–H groups in total. The van der Waals surface area contributed by atoms with Crippen LogP contribution in [0, 0.1) is 0 Å². The fraction of sp³-hybridized carbons (Fsp3) is 0.286. The van der Waals surface area contributed by atoms with E-state index in [2.05, 4.69) is 10.2 Å². The fourth-order valence-electron chi connectivity index (χ4n) is 2.49. The molecule has 2 rings (SSSR count). The molecule has 0 aliphatic carbocycles. The van der Waals surface area contributed by atoms with Crippen molar-refractivity contribution in [2.45, 2.75) is 0 Å². The molecule has 0 saturated carbocycles. The summed E-state index contributed by atoms with van der Waals surface area (Å²) in [5.41, 5.74) is 2.27. The Morgan fingerprint density at radius 2 is 1.88 bits per heavy atom. The van der Waals surface area contributed by atoms with E-state index in [1.807, 2.05) is 56.6 Å². The van der Waals surface area contributed by atoms with Crippen LogP contribution in [0.3, 0.4) is 0 Å². The maximum Gasteiger partial charge on any atom is 0.187 e. The van der Waals surface area contributed by atoms with Crippen molar-refractivity contribution in [3.05, 3.63) is 59.7 Å². The van der Waals surface area contributed by atoms with Gasteiger partial charge in [0.1, 0.15) is 11.5 Å². The van der Waals surface area contributed by atoms with Gasteiger partial charge in [-0.3, -0.25) is 4.79 Å². The summed E-state index contributed by atoms with van der Waals surface area (Å²) >= 11 is 0. The van der Waals surface area contributed by atoms with E-state index in [1.165, 1.54) is 0 Å². The molecule has 0 spiro atoms. The van der Waals surface area contributed by atoms with Crippen molar-refractivity contribution in [3.8, 4) is 11.5 Å². The van der Waals surface area contributed by atoms with Crippen molar-refractivity contribution >= 4 is 17.5 Å². The van der Waals surface area contributed by atoms with Crippen LogP contribution in [-0.4, -0.2) is 52.1 Å². The first kappa shape index (κ1) is 19.5. The van der Waals surface area contributed by atoms with Crippen molar-refractivity contribution < 1.29 is 14.3 Å². The van der Waals surface area contributed by atoms with Crippen molar-refractivity contribution in [2.24, 2.45) is 0 Å². The Bertz CT molecular complexity index is 770. The summed E-state index contributed by atoms with van der Waals surface area (Å²) in [6.07, 6.45) is 3.31. The van der Waals surface area contributed by atoms with Crippen LogP contribution in [0.4, 0.5) is 5.69 Å². The number of carbonyl (C=O) groups excluding carboxylic acids is 1. The third-order valence-electron chi connectivity index (χ3n) is 3.92. The maximum atomic E-state index is 12.7. The second-order valence-corrected chi connectivity index (χ2v) is 6.08. The number of methoxy groups -OCH3 is 2. The van der Waals surface area contributed by atoms with Gasteiger partial charge in [-0.2, -0.15) is 0 Å². The average molecular weight is 354 g/mol. The number of hydrogen-bond acceptors (Lipinski definition) is 5. The van der Waals surface area contributed by atoms with Crippen LogP contribution in [0.1, 0.15) is 15.9 Å². The SMILES string of the molecule is COc1ccc(OC)c(C=CC(=O)c2ccccc2NCCN(C)C)c1. The minimum atomic E-state index is -0.0668. The molecule has 26 heavy (non-hydrogen) atoms. The van der Waals surface area contributed by atoms with E-state index in [9.17, 15) is 4.79 Å². The van der Waals surface area contributed by atoms with E-state index in [4.69, 9.17) is 9.47 Å². The highest BCUT2D eigenvalue weighted by atomic mass is 16.5. The lowest BCUT2D eigenvalue weighted by Crippen LogP contribution is -2.21. The summed E-state index contributed by atoms with van der Waals surface area (Å²) in [4.78, 5) is 14.8. The number of benzene rings is 2. The molecule has 5 heteroatoms. The van der Waals surface area contributed by atoms with Crippen molar-refractivity contribution in [2.75, 3.05) is 46.7 Å². The molecule has 0 radical (unpaired) electrons. The Labute approximate surface area is 155 Å². The van der Waals surface area contributed by atoms with Gasteiger partial charge < -0.3 is 19.7 Å². The highest BCUT2D eigenvalue weighted by molar-refractivity contribution is 6.10. The predicted octanol–water partition coefficient (Wildman–Crippen LogP) is 3.57. The summed E-state index contributed by atoms with van der Waals surface area (Å²) < 4.78 is 10.6. The Balaban J connectivity index is 2.18. The number of nitrogens with zero attached hydrogens (tertiary/aromatic N) is 1. The molecular formula is C21H26N2O3. The molecule has 5 nitrogen and oxygen atoms in total. The number of likely N-dealkylation sites (N-methyl/N-ethyl adjacent to an activating group) is 1. The zero-order valence-electron chi connectivity index (χ0n) is 15.8. The molecule has 0 aliphatic rings. The van der Waals surface area contributed by atoms with Crippen LogP contribution in [-0.2, 0) is 0 Å². The number of para-hydroxylation sites is 1. The molecule has 0 bridgehead atoms. The number of allylic oxidation sites excluding steroid dienone is 1. The Kier molecular flexibility index (Phi) is 7.24. The molecule has 0 aromatic heterocycles. The fourth-order valence-corrected chi connectivity index (χ4v) is 2.49. The van der Waals surface area contributed by atoms with Gasteiger partial charge in [-0.25, -0.2) is 0 Å². The number of rotatable bonds is 9. The van der Waals surface area contributed by atoms with Gasteiger partial charge in [-0.15, -0.1) is 0 Å². The van der Waals surface area contributed by atoms with Crippen LogP contribution >= 0.6 is 0 Å². The van der Waals surface area contributed by atoms with Crippen molar-refractivity contribution in [3.63, 3.8) is 0 Å². The Morgan fingerprint density at radius 1 is 1.12 bits per heavy atom. The largest absolute Gasteiger partial charge is 0.497 e. The molecule has 0 atom stereocenters. The molecule has 0 amide bonds. The highest BCUT2D eigenvalue weighted by Crippen LogP contribution is 2.25. The summed E-state index contributed by atoms with van der Waals surface area (Å²) in [5, 5.41) is 3.32. The summed E-state index contributed by atoms with van der Waals surface area (Å²) in [5.74, 6) is 1.33.